The molecule has 0 aliphatic carbocycles. The number of aliphatic hydroxyl groups excluding tert-OH is 1. The van der Waals surface area contributed by atoms with Crippen molar-refractivity contribution in [3.63, 3.8) is 0 Å². The molecule has 0 bridgehead atoms. The lowest BCUT2D eigenvalue weighted by atomic mass is 9.84. The van der Waals surface area contributed by atoms with Crippen LogP contribution < -0.4 is 5.32 Å². The molecule has 0 aliphatic heterocycles. The van der Waals surface area contributed by atoms with Crippen molar-refractivity contribution in [1.82, 2.24) is 5.32 Å². The van der Waals surface area contributed by atoms with E-state index in [4.69, 9.17) is 4.74 Å². The van der Waals surface area contributed by atoms with Gasteiger partial charge in [-0.2, -0.15) is 0 Å². The molecule has 1 atom stereocenters. The van der Waals surface area contributed by atoms with Gasteiger partial charge in [0.25, 0.3) is 0 Å². The molecule has 0 aromatic heterocycles. The van der Waals surface area contributed by atoms with Crippen molar-refractivity contribution in [2.24, 2.45) is 5.41 Å². The van der Waals surface area contributed by atoms with Gasteiger partial charge in [0.05, 0.1) is 6.61 Å². The number of hydrogen-bond donors (Lipinski definition) is 2. The van der Waals surface area contributed by atoms with E-state index in [0.717, 1.165) is 10.0 Å². The molecule has 0 heterocycles. The standard InChI is InChI=1S/C16H24BrNO3/c1-15(2,3)21-14(20)18-10-16(4,11-19)9-12-6-5-7-13(17)8-12/h5-8,19H,9-11H2,1-4H3,(H,18,20). The number of aliphatic hydroxyl groups is 1. The molecule has 0 spiro atoms. The van der Waals surface area contributed by atoms with Crippen LogP contribution in [-0.4, -0.2) is 30.0 Å². The van der Waals surface area contributed by atoms with Crippen molar-refractivity contribution in [1.29, 1.82) is 0 Å². The summed E-state index contributed by atoms with van der Waals surface area (Å²) in [5.41, 5.74) is 0.147. The van der Waals surface area contributed by atoms with Crippen LogP contribution in [0.2, 0.25) is 0 Å². The molecular weight excluding hydrogens is 334 g/mol. The summed E-state index contributed by atoms with van der Waals surface area (Å²) in [6, 6.07) is 7.94. The average molecular weight is 358 g/mol. The van der Waals surface area contributed by atoms with Gasteiger partial charge < -0.3 is 15.2 Å². The summed E-state index contributed by atoms with van der Waals surface area (Å²) in [6.07, 6.45) is 0.204. The highest BCUT2D eigenvalue weighted by Gasteiger charge is 2.26. The van der Waals surface area contributed by atoms with Gasteiger partial charge in [0, 0.05) is 16.4 Å². The molecule has 1 amide bonds. The highest BCUT2D eigenvalue weighted by Crippen LogP contribution is 2.23. The van der Waals surface area contributed by atoms with Crippen LogP contribution in [-0.2, 0) is 11.2 Å². The molecule has 0 radical (unpaired) electrons. The highest BCUT2D eigenvalue weighted by molar-refractivity contribution is 9.10. The maximum Gasteiger partial charge on any atom is 0.407 e. The minimum Gasteiger partial charge on any atom is -0.444 e. The van der Waals surface area contributed by atoms with Gasteiger partial charge in [0.1, 0.15) is 5.60 Å². The van der Waals surface area contributed by atoms with E-state index >= 15 is 0 Å². The summed E-state index contributed by atoms with van der Waals surface area (Å²) in [5.74, 6) is 0. The first kappa shape index (κ1) is 18.0. The van der Waals surface area contributed by atoms with Crippen LogP contribution in [0.5, 0.6) is 0 Å². The lowest BCUT2D eigenvalue weighted by Crippen LogP contribution is -2.41. The number of halogens is 1. The second-order valence-electron chi connectivity index (χ2n) is 6.63. The molecule has 0 saturated heterocycles. The topological polar surface area (TPSA) is 58.6 Å². The van der Waals surface area contributed by atoms with E-state index in [1.54, 1.807) is 0 Å². The number of ether oxygens (including phenoxy) is 1. The Hall–Kier alpha value is -1.07. The van der Waals surface area contributed by atoms with E-state index in [-0.39, 0.29) is 6.61 Å². The minimum absolute atomic E-state index is 0.0185. The number of hydrogen-bond acceptors (Lipinski definition) is 3. The fraction of sp³-hybridized carbons (Fsp3) is 0.562. The number of amides is 1. The smallest absolute Gasteiger partial charge is 0.407 e. The second kappa shape index (κ2) is 7.27. The van der Waals surface area contributed by atoms with Crippen molar-refractivity contribution >= 4 is 22.0 Å². The third kappa shape index (κ3) is 6.96. The summed E-state index contributed by atoms with van der Waals surface area (Å²) in [6.45, 7) is 7.73. The predicted molar refractivity (Wildman–Crippen MR) is 87.3 cm³/mol. The molecule has 0 fully saturated rings. The molecule has 118 valence electrons. The van der Waals surface area contributed by atoms with Gasteiger partial charge in [-0.3, -0.25) is 0 Å². The fourth-order valence-corrected chi connectivity index (χ4v) is 2.36. The van der Waals surface area contributed by atoms with E-state index in [9.17, 15) is 9.90 Å². The Balaban J connectivity index is 2.62. The lowest BCUT2D eigenvalue weighted by molar-refractivity contribution is 0.0478. The van der Waals surface area contributed by atoms with Crippen LogP contribution in [0.4, 0.5) is 4.79 Å². The normalized spacial score (nSPS) is 14.4. The lowest BCUT2D eigenvalue weighted by Gasteiger charge is -2.28. The summed E-state index contributed by atoms with van der Waals surface area (Å²) in [7, 11) is 0. The highest BCUT2D eigenvalue weighted by atomic mass is 79.9. The van der Waals surface area contributed by atoms with E-state index in [2.05, 4.69) is 21.2 Å². The monoisotopic (exact) mass is 357 g/mol. The second-order valence-corrected chi connectivity index (χ2v) is 7.55. The zero-order valence-corrected chi connectivity index (χ0v) is 14.7. The minimum atomic E-state index is -0.524. The SMILES string of the molecule is CC(CO)(CNC(=O)OC(C)(C)C)Cc1cccc(Br)c1. The van der Waals surface area contributed by atoms with Crippen LogP contribution >= 0.6 is 15.9 Å². The van der Waals surface area contributed by atoms with Gasteiger partial charge in [-0.05, 0) is 44.9 Å². The first-order chi connectivity index (χ1) is 9.63. The third-order valence-corrected chi connectivity index (χ3v) is 3.45. The Bertz CT molecular complexity index is 485. The molecule has 0 aliphatic rings. The summed E-state index contributed by atoms with van der Waals surface area (Å²) in [5, 5.41) is 12.4. The fourth-order valence-electron chi connectivity index (χ4n) is 1.91. The summed E-state index contributed by atoms with van der Waals surface area (Å²) >= 11 is 3.43. The first-order valence-corrected chi connectivity index (χ1v) is 7.75. The largest absolute Gasteiger partial charge is 0.444 e. The number of carbonyl (C=O) groups excluding carboxylic acids is 1. The summed E-state index contributed by atoms with van der Waals surface area (Å²) in [4.78, 5) is 11.7. The molecular formula is C16H24BrNO3. The number of benzene rings is 1. The van der Waals surface area contributed by atoms with Gasteiger partial charge in [-0.25, -0.2) is 4.79 Å². The molecule has 2 N–H and O–H groups in total. The Morgan fingerprint density at radius 2 is 2.00 bits per heavy atom. The molecule has 1 aromatic rings. The van der Waals surface area contributed by atoms with E-state index < -0.39 is 17.1 Å². The molecule has 1 unspecified atom stereocenters. The van der Waals surface area contributed by atoms with Gasteiger partial charge >= 0.3 is 6.09 Å². The average Bonchev–Trinajstić information content (AvgIpc) is 2.34. The Labute approximate surface area is 135 Å². The molecule has 1 aromatic carbocycles. The Kier molecular flexibility index (Phi) is 6.23. The maximum atomic E-state index is 11.7. The molecule has 1 rings (SSSR count). The van der Waals surface area contributed by atoms with Crippen molar-refractivity contribution in [2.45, 2.75) is 39.7 Å². The Morgan fingerprint density at radius 3 is 2.52 bits per heavy atom. The zero-order chi connectivity index (χ0) is 16.1. The van der Waals surface area contributed by atoms with Crippen molar-refractivity contribution in [3.8, 4) is 0 Å². The van der Waals surface area contributed by atoms with Crippen LogP contribution in [0.1, 0.15) is 33.3 Å². The van der Waals surface area contributed by atoms with Gasteiger partial charge in [0.2, 0.25) is 0 Å². The number of nitrogens with one attached hydrogen (secondary N) is 1. The van der Waals surface area contributed by atoms with E-state index in [1.165, 1.54) is 0 Å². The van der Waals surface area contributed by atoms with Crippen LogP contribution in [0.15, 0.2) is 28.7 Å². The van der Waals surface area contributed by atoms with Crippen LogP contribution in [0.25, 0.3) is 0 Å². The first-order valence-electron chi connectivity index (χ1n) is 6.96. The summed E-state index contributed by atoms with van der Waals surface area (Å²) < 4.78 is 6.21. The zero-order valence-electron chi connectivity index (χ0n) is 13.1. The molecule has 21 heavy (non-hydrogen) atoms. The van der Waals surface area contributed by atoms with Gasteiger partial charge in [-0.15, -0.1) is 0 Å². The molecule has 0 saturated carbocycles. The third-order valence-electron chi connectivity index (χ3n) is 2.96. The number of alkyl carbamates (subject to hydrolysis) is 1. The van der Waals surface area contributed by atoms with Crippen molar-refractivity contribution in [2.75, 3.05) is 13.2 Å². The van der Waals surface area contributed by atoms with Gasteiger partial charge in [-0.1, -0.05) is 35.0 Å². The Morgan fingerprint density at radius 1 is 1.33 bits per heavy atom. The van der Waals surface area contributed by atoms with Crippen molar-refractivity contribution < 1.29 is 14.6 Å². The molecule has 5 heteroatoms. The number of rotatable bonds is 5. The van der Waals surface area contributed by atoms with Gasteiger partial charge in [0.15, 0.2) is 0 Å². The van der Waals surface area contributed by atoms with Crippen LogP contribution in [0, 0.1) is 5.41 Å². The van der Waals surface area contributed by atoms with Crippen molar-refractivity contribution in [3.05, 3.63) is 34.3 Å². The quantitative estimate of drug-likeness (QED) is 0.847. The van der Waals surface area contributed by atoms with E-state index in [0.29, 0.717) is 13.0 Å². The predicted octanol–water partition coefficient (Wildman–Crippen LogP) is 3.51. The maximum absolute atomic E-state index is 11.7. The van der Waals surface area contributed by atoms with E-state index in [1.807, 2.05) is 52.0 Å². The van der Waals surface area contributed by atoms with Crippen LogP contribution in [0.3, 0.4) is 0 Å². The number of carbonyl (C=O) groups is 1. The molecule has 4 nitrogen and oxygen atoms in total.